The largest absolute Gasteiger partial charge is 0.506 e. The highest BCUT2D eigenvalue weighted by Gasteiger charge is 2.08. The van der Waals surface area contributed by atoms with E-state index in [1.807, 2.05) is 6.07 Å². The number of benzene rings is 1. The van der Waals surface area contributed by atoms with Crippen molar-refractivity contribution in [3.63, 3.8) is 0 Å². The number of hydrogen-bond acceptors (Lipinski definition) is 4. The summed E-state index contributed by atoms with van der Waals surface area (Å²) in [7, 11) is 0. The van der Waals surface area contributed by atoms with Crippen LogP contribution < -0.4 is 0 Å². The van der Waals surface area contributed by atoms with Gasteiger partial charge in [-0.15, -0.1) is 0 Å². The fraction of sp³-hybridized carbons (Fsp3) is 0. The number of aromatic hydroxyl groups is 1. The Morgan fingerprint density at radius 2 is 1.89 bits per heavy atom. The average molecular weight is 247 g/mol. The first-order valence-corrected chi connectivity index (χ1v) is 5.73. The molecule has 3 aromatic rings. The van der Waals surface area contributed by atoms with Crippen LogP contribution in [-0.4, -0.2) is 15.1 Å². The van der Waals surface area contributed by atoms with Crippen molar-refractivity contribution in [3.8, 4) is 23.1 Å². The molecule has 0 unspecified atom stereocenters. The number of aromatic nitrogens is 2. The molecule has 2 heterocycles. The van der Waals surface area contributed by atoms with Crippen molar-refractivity contribution < 1.29 is 5.11 Å². The van der Waals surface area contributed by atoms with E-state index in [1.165, 1.54) is 0 Å². The molecule has 4 nitrogen and oxygen atoms in total. The minimum absolute atomic E-state index is 0.102. The van der Waals surface area contributed by atoms with Gasteiger partial charge >= 0.3 is 0 Å². The molecular weight excluding hydrogens is 238 g/mol. The lowest BCUT2D eigenvalue weighted by Crippen LogP contribution is -1.89. The van der Waals surface area contributed by atoms with Crippen molar-refractivity contribution in [3.05, 3.63) is 54.2 Å². The van der Waals surface area contributed by atoms with Crippen LogP contribution in [0.3, 0.4) is 0 Å². The van der Waals surface area contributed by atoms with Crippen molar-refractivity contribution in [1.29, 1.82) is 5.26 Å². The van der Waals surface area contributed by atoms with E-state index in [0.29, 0.717) is 16.9 Å². The van der Waals surface area contributed by atoms with Gasteiger partial charge in [0.15, 0.2) is 5.65 Å². The topological polar surface area (TPSA) is 69.8 Å². The maximum Gasteiger partial charge on any atom is 0.160 e. The van der Waals surface area contributed by atoms with Gasteiger partial charge in [0.05, 0.1) is 11.6 Å². The summed E-state index contributed by atoms with van der Waals surface area (Å²) in [6, 6.07) is 14.2. The van der Waals surface area contributed by atoms with Crippen LogP contribution >= 0.6 is 0 Å². The Balaban J connectivity index is 2.18. The smallest absolute Gasteiger partial charge is 0.160 e. The molecule has 0 saturated carbocycles. The molecule has 0 radical (unpaired) electrons. The molecular formula is C15H9N3O. The van der Waals surface area contributed by atoms with Gasteiger partial charge in [0.1, 0.15) is 11.4 Å². The van der Waals surface area contributed by atoms with Crippen LogP contribution in [0.2, 0.25) is 0 Å². The van der Waals surface area contributed by atoms with Crippen LogP contribution in [0.5, 0.6) is 5.75 Å². The van der Waals surface area contributed by atoms with Crippen LogP contribution in [0, 0.1) is 11.3 Å². The van der Waals surface area contributed by atoms with Crippen LogP contribution in [-0.2, 0) is 0 Å². The fourth-order valence-corrected chi connectivity index (χ4v) is 1.91. The zero-order chi connectivity index (χ0) is 13.2. The molecule has 0 aliphatic rings. The molecule has 19 heavy (non-hydrogen) atoms. The Hall–Kier alpha value is -2.93. The number of pyridine rings is 2. The quantitative estimate of drug-likeness (QED) is 0.717. The van der Waals surface area contributed by atoms with Crippen LogP contribution in [0.25, 0.3) is 22.3 Å². The highest BCUT2D eigenvalue weighted by molar-refractivity contribution is 5.81. The van der Waals surface area contributed by atoms with Gasteiger partial charge in [0.2, 0.25) is 0 Å². The second-order valence-corrected chi connectivity index (χ2v) is 4.10. The molecule has 1 aromatic carbocycles. The van der Waals surface area contributed by atoms with Crippen molar-refractivity contribution in [1.82, 2.24) is 9.97 Å². The molecule has 0 bridgehead atoms. The number of nitrogens with zero attached hydrogens (tertiary/aromatic N) is 3. The van der Waals surface area contributed by atoms with Gasteiger partial charge in [-0.2, -0.15) is 5.26 Å². The second kappa shape index (κ2) is 4.39. The Labute approximate surface area is 109 Å². The second-order valence-electron chi connectivity index (χ2n) is 4.10. The minimum Gasteiger partial charge on any atom is -0.506 e. The van der Waals surface area contributed by atoms with Gasteiger partial charge in [-0.05, 0) is 30.3 Å². The molecule has 3 rings (SSSR count). The highest BCUT2D eigenvalue weighted by atomic mass is 16.3. The summed E-state index contributed by atoms with van der Waals surface area (Å²) in [5, 5.41) is 19.6. The molecule has 0 atom stereocenters. The van der Waals surface area contributed by atoms with E-state index >= 15 is 0 Å². The zero-order valence-corrected chi connectivity index (χ0v) is 9.91. The minimum atomic E-state index is 0.102. The third kappa shape index (κ3) is 1.98. The van der Waals surface area contributed by atoms with E-state index in [9.17, 15) is 5.11 Å². The summed E-state index contributed by atoms with van der Waals surface area (Å²) in [5.41, 5.74) is 2.38. The summed E-state index contributed by atoms with van der Waals surface area (Å²) in [6.45, 7) is 0. The lowest BCUT2D eigenvalue weighted by Gasteiger charge is -2.05. The van der Waals surface area contributed by atoms with Gasteiger partial charge in [-0.3, -0.25) is 0 Å². The lowest BCUT2D eigenvalue weighted by molar-refractivity contribution is 0.476. The van der Waals surface area contributed by atoms with Gasteiger partial charge in [-0.1, -0.05) is 12.1 Å². The summed E-state index contributed by atoms with van der Waals surface area (Å²) in [4.78, 5) is 8.52. The predicted molar refractivity (Wildman–Crippen MR) is 71.4 cm³/mol. The van der Waals surface area contributed by atoms with E-state index in [2.05, 4.69) is 16.0 Å². The van der Waals surface area contributed by atoms with Crippen LogP contribution in [0.4, 0.5) is 0 Å². The molecule has 0 spiro atoms. The van der Waals surface area contributed by atoms with Crippen molar-refractivity contribution in [2.24, 2.45) is 0 Å². The predicted octanol–water partition coefficient (Wildman–Crippen LogP) is 2.87. The Morgan fingerprint density at radius 3 is 2.63 bits per heavy atom. The molecule has 0 saturated heterocycles. The van der Waals surface area contributed by atoms with E-state index in [0.717, 1.165) is 10.9 Å². The Bertz CT molecular complexity index is 789. The summed E-state index contributed by atoms with van der Waals surface area (Å²) in [6.07, 6.45) is 1.66. The maximum atomic E-state index is 10.0. The van der Waals surface area contributed by atoms with Crippen LogP contribution in [0.15, 0.2) is 48.7 Å². The Morgan fingerprint density at radius 1 is 1.11 bits per heavy atom. The Kier molecular flexibility index (Phi) is 2.58. The van der Waals surface area contributed by atoms with Crippen LogP contribution in [0.1, 0.15) is 5.56 Å². The third-order valence-electron chi connectivity index (χ3n) is 2.86. The molecule has 2 aromatic heterocycles. The molecule has 0 aliphatic heterocycles. The molecule has 90 valence electrons. The van der Waals surface area contributed by atoms with Crippen molar-refractivity contribution in [2.75, 3.05) is 0 Å². The number of rotatable bonds is 1. The third-order valence-corrected chi connectivity index (χ3v) is 2.86. The summed E-state index contributed by atoms with van der Waals surface area (Å²) < 4.78 is 0. The van der Waals surface area contributed by atoms with Gasteiger partial charge < -0.3 is 5.11 Å². The average Bonchev–Trinajstić information content (AvgIpc) is 2.47. The van der Waals surface area contributed by atoms with Gasteiger partial charge in [-0.25, -0.2) is 9.97 Å². The summed E-state index contributed by atoms with van der Waals surface area (Å²) in [5.74, 6) is 0.102. The highest BCUT2D eigenvalue weighted by Crippen LogP contribution is 2.29. The van der Waals surface area contributed by atoms with E-state index in [4.69, 9.17) is 5.26 Å². The monoisotopic (exact) mass is 247 g/mol. The fourth-order valence-electron chi connectivity index (χ4n) is 1.91. The van der Waals surface area contributed by atoms with E-state index in [-0.39, 0.29) is 5.75 Å². The van der Waals surface area contributed by atoms with Crippen molar-refractivity contribution in [2.45, 2.75) is 0 Å². The normalized spacial score (nSPS) is 10.3. The molecule has 4 heteroatoms. The van der Waals surface area contributed by atoms with Crippen molar-refractivity contribution >= 4 is 11.0 Å². The van der Waals surface area contributed by atoms with E-state index < -0.39 is 0 Å². The maximum absolute atomic E-state index is 10.0. The first-order valence-electron chi connectivity index (χ1n) is 5.73. The first kappa shape index (κ1) is 11.2. The van der Waals surface area contributed by atoms with Gasteiger partial charge in [0.25, 0.3) is 0 Å². The van der Waals surface area contributed by atoms with E-state index in [1.54, 1.807) is 42.6 Å². The number of nitriles is 1. The first-order chi connectivity index (χ1) is 9.28. The van der Waals surface area contributed by atoms with Gasteiger partial charge in [0, 0.05) is 17.1 Å². The molecule has 0 aliphatic carbocycles. The lowest BCUT2D eigenvalue weighted by atomic mass is 10.1. The SMILES string of the molecule is N#Cc1ccc(-c2nc3ncccc3cc2O)cc1. The molecule has 1 N–H and O–H groups in total. The number of fused-ring (bicyclic) bond motifs is 1. The molecule has 0 amide bonds. The number of hydrogen-bond donors (Lipinski definition) is 1. The summed E-state index contributed by atoms with van der Waals surface area (Å²) >= 11 is 0. The standard InChI is InChI=1S/C15H9N3O/c16-9-10-3-5-11(6-4-10)14-13(19)8-12-2-1-7-17-15(12)18-14/h1-8,19H. The molecule has 0 fully saturated rings. The zero-order valence-electron chi connectivity index (χ0n) is 9.91.